The molecular weight excluding hydrogens is 187 g/mol. The Morgan fingerprint density at radius 1 is 1.50 bits per heavy atom. The first-order valence-corrected chi connectivity index (χ1v) is 3.97. The van der Waals surface area contributed by atoms with Crippen LogP contribution in [0.15, 0.2) is 18.2 Å². The van der Waals surface area contributed by atoms with Crippen molar-refractivity contribution in [3.63, 3.8) is 0 Å². The second-order valence-corrected chi connectivity index (χ2v) is 3.00. The van der Waals surface area contributed by atoms with Gasteiger partial charge in [0.1, 0.15) is 11.6 Å². The summed E-state index contributed by atoms with van der Waals surface area (Å²) in [6.45, 7) is 0. The molecule has 14 heavy (non-hydrogen) atoms. The lowest BCUT2D eigenvalue weighted by Crippen LogP contribution is -2.36. The first-order chi connectivity index (χ1) is 6.50. The molecule has 0 fully saturated rings. The topological polar surface area (TPSA) is 52.6 Å². The van der Waals surface area contributed by atoms with Crippen molar-refractivity contribution < 1.29 is 14.3 Å². The van der Waals surface area contributed by atoms with E-state index in [0.717, 1.165) is 6.07 Å². The van der Waals surface area contributed by atoms with Crippen molar-refractivity contribution in [1.82, 2.24) is 10.4 Å². The Balaban J connectivity index is 2.90. The molecule has 0 spiro atoms. The van der Waals surface area contributed by atoms with Crippen LogP contribution < -0.4 is 5.43 Å². The van der Waals surface area contributed by atoms with Crippen molar-refractivity contribution >= 4 is 5.91 Å². The molecule has 1 amide bonds. The second-order valence-electron chi connectivity index (χ2n) is 3.00. The predicted octanol–water partition coefficient (Wildman–Crippen LogP) is 0.738. The summed E-state index contributed by atoms with van der Waals surface area (Å²) < 4.78 is 13.1. The Kier molecular flexibility index (Phi) is 3.03. The molecule has 0 saturated heterocycles. The number of benzene rings is 1. The van der Waals surface area contributed by atoms with E-state index >= 15 is 0 Å². The highest BCUT2D eigenvalue weighted by atomic mass is 19.1. The molecule has 0 radical (unpaired) electrons. The number of rotatable bonds is 2. The maximum absolute atomic E-state index is 13.1. The number of halogens is 1. The number of aromatic hydroxyl groups is 1. The van der Waals surface area contributed by atoms with Gasteiger partial charge in [-0.15, -0.1) is 0 Å². The van der Waals surface area contributed by atoms with Gasteiger partial charge in [0.2, 0.25) is 0 Å². The minimum absolute atomic E-state index is 0.100. The molecule has 0 aliphatic rings. The Morgan fingerprint density at radius 2 is 2.14 bits per heavy atom. The summed E-state index contributed by atoms with van der Waals surface area (Å²) in [5, 5.41) is 10.3. The van der Waals surface area contributed by atoms with Crippen LogP contribution in [0.25, 0.3) is 0 Å². The van der Waals surface area contributed by atoms with Gasteiger partial charge in [0.05, 0.1) is 5.56 Å². The van der Waals surface area contributed by atoms with Crippen LogP contribution in [0.5, 0.6) is 5.75 Å². The molecule has 4 nitrogen and oxygen atoms in total. The van der Waals surface area contributed by atoms with Crippen molar-refractivity contribution in [2.24, 2.45) is 0 Å². The van der Waals surface area contributed by atoms with Gasteiger partial charge in [-0.3, -0.25) is 10.2 Å². The number of phenolic OH excluding ortho intramolecular Hbond substituents is 1. The fourth-order valence-electron chi connectivity index (χ4n) is 0.951. The number of carbonyl (C=O) groups is 1. The molecule has 0 atom stereocenters. The van der Waals surface area contributed by atoms with E-state index < -0.39 is 11.7 Å². The summed E-state index contributed by atoms with van der Waals surface area (Å²) in [7, 11) is 3.24. The van der Waals surface area contributed by atoms with Gasteiger partial charge < -0.3 is 5.11 Å². The standard InChI is InChI=1S/C9H11FN2O2/c1-12(2)11-9(14)7-4-3-6(13)5-8(7)10/h3-5,13H,1-2H3,(H,11,14). The molecule has 0 aliphatic heterocycles. The van der Waals surface area contributed by atoms with E-state index in [1.807, 2.05) is 0 Å². The number of hydrogen-bond acceptors (Lipinski definition) is 3. The minimum Gasteiger partial charge on any atom is -0.508 e. The Hall–Kier alpha value is -1.62. The summed E-state index contributed by atoms with van der Waals surface area (Å²) in [4.78, 5) is 11.3. The maximum Gasteiger partial charge on any atom is 0.268 e. The molecule has 0 unspecified atom stereocenters. The summed E-state index contributed by atoms with van der Waals surface area (Å²) in [5.74, 6) is -1.50. The third-order valence-electron chi connectivity index (χ3n) is 1.52. The first kappa shape index (κ1) is 10.5. The van der Waals surface area contributed by atoms with Crippen LogP contribution in [0.4, 0.5) is 4.39 Å². The zero-order valence-corrected chi connectivity index (χ0v) is 7.91. The Labute approximate surface area is 80.9 Å². The quantitative estimate of drug-likeness (QED) is 0.689. The number of phenols is 1. The number of hydrogen-bond donors (Lipinski definition) is 2. The zero-order valence-electron chi connectivity index (χ0n) is 7.91. The summed E-state index contributed by atoms with van der Waals surface area (Å²) in [5.41, 5.74) is 2.29. The lowest BCUT2D eigenvalue weighted by Gasteiger charge is -2.11. The molecule has 1 aromatic carbocycles. The van der Waals surface area contributed by atoms with Crippen molar-refractivity contribution in [3.05, 3.63) is 29.6 Å². The monoisotopic (exact) mass is 198 g/mol. The van der Waals surface area contributed by atoms with Crippen LogP contribution >= 0.6 is 0 Å². The van der Waals surface area contributed by atoms with Gasteiger partial charge >= 0.3 is 0 Å². The van der Waals surface area contributed by atoms with Gasteiger partial charge in [0.15, 0.2) is 0 Å². The highest BCUT2D eigenvalue weighted by molar-refractivity contribution is 5.94. The molecule has 1 aromatic rings. The van der Waals surface area contributed by atoms with Crippen molar-refractivity contribution in [3.8, 4) is 5.75 Å². The lowest BCUT2D eigenvalue weighted by molar-refractivity contribution is 0.0852. The molecule has 0 aromatic heterocycles. The fraction of sp³-hybridized carbons (Fsp3) is 0.222. The van der Waals surface area contributed by atoms with E-state index in [4.69, 9.17) is 5.11 Å². The van der Waals surface area contributed by atoms with Crippen LogP contribution in [-0.4, -0.2) is 30.1 Å². The fourth-order valence-corrected chi connectivity index (χ4v) is 0.951. The van der Waals surface area contributed by atoms with E-state index in [2.05, 4.69) is 5.43 Å². The molecule has 5 heteroatoms. The SMILES string of the molecule is CN(C)NC(=O)c1ccc(O)cc1F. The highest BCUT2D eigenvalue weighted by Gasteiger charge is 2.11. The molecule has 0 saturated carbocycles. The van der Waals surface area contributed by atoms with Crippen LogP contribution in [0.2, 0.25) is 0 Å². The van der Waals surface area contributed by atoms with Crippen molar-refractivity contribution in [1.29, 1.82) is 0 Å². The molecule has 1 rings (SSSR count). The number of amides is 1. The molecule has 0 bridgehead atoms. The van der Waals surface area contributed by atoms with E-state index in [0.29, 0.717) is 0 Å². The average Bonchev–Trinajstić information content (AvgIpc) is 2.01. The number of carbonyl (C=O) groups excluding carboxylic acids is 1. The van der Waals surface area contributed by atoms with Gasteiger partial charge in [-0.05, 0) is 12.1 Å². The van der Waals surface area contributed by atoms with Crippen molar-refractivity contribution in [2.75, 3.05) is 14.1 Å². The average molecular weight is 198 g/mol. The molecular formula is C9H11FN2O2. The Morgan fingerprint density at radius 3 is 2.64 bits per heavy atom. The molecule has 76 valence electrons. The largest absolute Gasteiger partial charge is 0.508 e. The van der Waals surface area contributed by atoms with Gasteiger partial charge in [0, 0.05) is 20.2 Å². The van der Waals surface area contributed by atoms with Crippen LogP contribution in [0.1, 0.15) is 10.4 Å². The normalized spacial score (nSPS) is 10.3. The van der Waals surface area contributed by atoms with Gasteiger partial charge in [0.25, 0.3) is 5.91 Å². The van der Waals surface area contributed by atoms with Crippen LogP contribution in [0.3, 0.4) is 0 Å². The van der Waals surface area contributed by atoms with E-state index in [9.17, 15) is 9.18 Å². The predicted molar refractivity (Wildman–Crippen MR) is 49.2 cm³/mol. The third kappa shape index (κ3) is 2.43. The minimum atomic E-state index is -0.746. The number of hydrazine groups is 1. The van der Waals surface area contributed by atoms with Gasteiger partial charge in [-0.25, -0.2) is 9.40 Å². The van der Waals surface area contributed by atoms with Crippen molar-refractivity contribution in [2.45, 2.75) is 0 Å². The van der Waals surface area contributed by atoms with Gasteiger partial charge in [-0.1, -0.05) is 0 Å². The maximum atomic E-state index is 13.1. The second kappa shape index (κ2) is 4.06. The molecule has 2 N–H and O–H groups in total. The number of nitrogens with zero attached hydrogens (tertiary/aromatic N) is 1. The molecule has 0 aliphatic carbocycles. The smallest absolute Gasteiger partial charge is 0.268 e. The summed E-state index contributed by atoms with van der Waals surface area (Å²) in [6.07, 6.45) is 0. The van der Waals surface area contributed by atoms with Gasteiger partial charge in [-0.2, -0.15) is 0 Å². The Bertz CT molecular complexity index is 353. The zero-order chi connectivity index (χ0) is 10.7. The summed E-state index contributed by atoms with van der Waals surface area (Å²) in [6, 6.07) is 3.38. The van der Waals surface area contributed by atoms with E-state index in [1.165, 1.54) is 17.1 Å². The van der Waals surface area contributed by atoms with E-state index in [1.54, 1.807) is 14.1 Å². The first-order valence-electron chi connectivity index (χ1n) is 3.97. The van der Waals surface area contributed by atoms with Crippen LogP contribution in [0, 0.1) is 5.82 Å². The summed E-state index contributed by atoms with van der Waals surface area (Å²) >= 11 is 0. The van der Waals surface area contributed by atoms with Crippen LogP contribution in [-0.2, 0) is 0 Å². The highest BCUT2D eigenvalue weighted by Crippen LogP contribution is 2.14. The third-order valence-corrected chi connectivity index (χ3v) is 1.52. The number of nitrogens with one attached hydrogen (secondary N) is 1. The lowest BCUT2D eigenvalue weighted by atomic mass is 10.2. The molecule has 0 heterocycles. The van der Waals surface area contributed by atoms with E-state index in [-0.39, 0.29) is 11.3 Å².